The molecular formula is C11H18N6O. The van der Waals surface area contributed by atoms with E-state index in [1.807, 2.05) is 11.8 Å². The van der Waals surface area contributed by atoms with E-state index in [4.69, 9.17) is 5.73 Å². The van der Waals surface area contributed by atoms with E-state index in [1.54, 1.807) is 20.2 Å². The van der Waals surface area contributed by atoms with Gasteiger partial charge in [-0.05, 0) is 20.8 Å². The SMILES string of the molecule is CCN(CC(C)(C)O)c1nc(N)nc2nc[nH]c12. The largest absolute Gasteiger partial charge is 0.389 e. The Kier molecular flexibility index (Phi) is 3.08. The number of hydrogen-bond donors (Lipinski definition) is 3. The monoisotopic (exact) mass is 250 g/mol. The molecule has 2 heterocycles. The van der Waals surface area contributed by atoms with Gasteiger partial charge in [0.25, 0.3) is 0 Å². The minimum Gasteiger partial charge on any atom is -0.389 e. The highest BCUT2D eigenvalue weighted by Gasteiger charge is 2.21. The normalized spacial score (nSPS) is 12.0. The van der Waals surface area contributed by atoms with Gasteiger partial charge in [-0.25, -0.2) is 4.98 Å². The van der Waals surface area contributed by atoms with Gasteiger partial charge in [-0.15, -0.1) is 0 Å². The van der Waals surface area contributed by atoms with Crippen LogP contribution >= 0.6 is 0 Å². The third-order valence-electron chi connectivity index (χ3n) is 2.54. The van der Waals surface area contributed by atoms with Gasteiger partial charge in [0.2, 0.25) is 5.95 Å². The highest BCUT2D eigenvalue weighted by molar-refractivity contribution is 5.84. The number of nitrogens with two attached hydrogens (primary N) is 1. The van der Waals surface area contributed by atoms with E-state index in [1.165, 1.54) is 0 Å². The van der Waals surface area contributed by atoms with E-state index in [0.29, 0.717) is 24.6 Å². The number of anilines is 2. The molecule has 7 heteroatoms. The topological polar surface area (TPSA) is 104 Å². The van der Waals surface area contributed by atoms with Crippen molar-refractivity contribution in [1.82, 2.24) is 19.9 Å². The fourth-order valence-corrected chi connectivity index (χ4v) is 1.87. The van der Waals surface area contributed by atoms with Crippen LogP contribution in [0.3, 0.4) is 0 Å². The number of imidazole rings is 1. The number of nitrogen functional groups attached to an aromatic ring is 1. The smallest absolute Gasteiger partial charge is 0.224 e. The molecule has 0 atom stereocenters. The predicted octanol–water partition coefficient (Wildman–Crippen LogP) is 0.532. The molecule has 18 heavy (non-hydrogen) atoms. The van der Waals surface area contributed by atoms with Gasteiger partial charge in [0, 0.05) is 13.1 Å². The molecule has 0 saturated carbocycles. The lowest BCUT2D eigenvalue weighted by Gasteiger charge is -2.29. The average molecular weight is 250 g/mol. The molecule has 2 aromatic heterocycles. The zero-order valence-corrected chi connectivity index (χ0v) is 10.8. The van der Waals surface area contributed by atoms with Crippen LogP contribution in [0.25, 0.3) is 11.2 Å². The third kappa shape index (κ3) is 2.51. The molecule has 0 spiro atoms. The molecule has 7 nitrogen and oxygen atoms in total. The van der Waals surface area contributed by atoms with E-state index in [2.05, 4.69) is 19.9 Å². The van der Waals surface area contributed by atoms with Gasteiger partial charge in [0.1, 0.15) is 5.52 Å². The van der Waals surface area contributed by atoms with Crippen molar-refractivity contribution in [1.29, 1.82) is 0 Å². The number of rotatable bonds is 4. The fraction of sp³-hybridized carbons (Fsp3) is 0.545. The summed E-state index contributed by atoms with van der Waals surface area (Å²) in [4.78, 5) is 17.3. The first-order chi connectivity index (χ1) is 8.40. The zero-order chi connectivity index (χ0) is 13.3. The molecule has 0 aromatic carbocycles. The van der Waals surface area contributed by atoms with Gasteiger partial charge < -0.3 is 20.7 Å². The van der Waals surface area contributed by atoms with E-state index in [-0.39, 0.29) is 5.95 Å². The quantitative estimate of drug-likeness (QED) is 0.731. The van der Waals surface area contributed by atoms with Crippen LogP contribution in [0, 0.1) is 0 Å². The van der Waals surface area contributed by atoms with Gasteiger partial charge in [-0.3, -0.25) is 0 Å². The molecule has 0 aliphatic rings. The lowest BCUT2D eigenvalue weighted by molar-refractivity contribution is 0.0875. The van der Waals surface area contributed by atoms with Crippen molar-refractivity contribution >= 4 is 22.9 Å². The number of fused-ring (bicyclic) bond motifs is 1. The number of hydrogen-bond acceptors (Lipinski definition) is 6. The van der Waals surface area contributed by atoms with Crippen LogP contribution in [0.2, 0.25) is 0 Å². The summed E-state index contributed by atoms with van der Waals surface area (Å²) in [7, 11) is 0. The minimum absolute atomic E-state index is 0.179. The van der Waals surface area contributed by atoms with E-state index >= 15 is 0 Å². The molecule has 98 valence electrons. The molecule has 4 N–H and O–H groups in total. The summed E-state index contributed by atoms with van der Waals surface area (Å²) in [5, 5.41) is 9.93. The second-order valence-corrected chi connectivity index (χ2v) is 4.83. The van der Waals surface area contributed by atoms with Crippen molar-refractivity contribution in [2.75, 3.05) is 23.7 Å². The molecule has 0 bridgehead atoms. The molecule has 0 unspecified atom stereocenters. The van der Waals surface area contributed by atoms with Gasteiger partial charge in [0.15, 0.2) is 11.5 Å². The van der Waals surface area contributed by atoms with Crippen LogP contribution < -0.4 is 10.6 Å². The number of nitrogens with one attached hydrogen (secondary N) is 1. The van der Waals surface area contributed by atoms with Crippen molar-refractivity contribution in [3.8, 4) is 0 Å². The highest BCUT2D eigenvalue weighted by Crippen LogP contribution is 2.23. The Hall–Kier alpha value is -1.89. The van der Waals surface area contributed by atoms with Gasteiger partial charge in [0.05, 0.1) is 11.9 Å². The second-order valence-electron chi connectivity index (χ2n) is 4.83. The number of aromatic amines is 1. The van der Waals surface area contributed by atoms with Crippen molar-refractivity contribution in [2.45, 2.75) is 26.4 Å². The molecule has 0 amide bonds. The number of H-pyrrole nitrogens is 1. The summed E-state index contributed by atoms with van der Waals surface area (Å²) in [6.07, 6.45) is 1.56. The summed E-state index contributed by atoms with van der Waals surface area (Å²) >= 11 is 0. The zero-order valence-electron chi connectivity index (χ0n) is 10.8. The summed E-state index contributed by atoms with van der Waals surface area (Å²) in [6.45, 7) is 6.66. The molecule has 2 aromatic rings. The molecule has 2 rings (SSSR count). The first-order valence-electron chi connectivity index (χ1n) is 5.84. The summed E-state index contributed by atoms with van der Waals surface area (Å²) in [6, 6.07) is 0. The standard InChI is InChI=1S/C11H18N6O/c1-4-17(5-11(2,3)18)9-7-8(14-6-13-7)15-10(12)16-9/h6,18H,4-5H2,1-3H3,(H3,12,13,14,15,16). The van der Waals surface area contributed by atoms with Crippen molar-refractivity contribution in [3.63, 3.8) is 0 Å². The molecule has 0 fully saturated rings. The Morgan fingerprint density at radius 1 is 1.44 bits per heavy atom. The summed E-state index contributed by atoms with van der Waals surface area (Å²) in [5.41, 5.74) is 6.12. The van der Waals surface area contributed by atoms with Crippen LogP contribution in [-0.2, 0) is 0 Å². The maximum absolute atomic E-state index is 9.93. The van der Waals surface area contributed by atoms with Crippen LogP contribution in [0.5, 0.6) is 0 Å². The van der Waals surface area contributed by atoms with Crippen LogP contribution in [-0.4, -0.2) is 43.7 Å². The minimum atomic E-state index is -0.817. The van der Waals surface area contributed by atoms with E-state index in [0.717, 1.165) is 5.52 Å². The van der Waals surface area contributed by atoms with Crippen molar-refractivity contribution in [2.24, 2.45) is 0 Å². The number of aromatic nitrogens is 4. The van der Waals surface area contributed by atoms with Crippen LogP contribution in [0.1, 0.15) is 20.8 Å². The Labute approximate surface area is 105 Å². The van der Waals surface area contributed by atoms with Crippen molar-refractivity contribution < 1.29 is 5.11 Å². The Morgan fingerprint density at radius 3 is 2.78 bits per heavy atom. The predicted molar refractivity (Wildman–Crippen MR) is 70.3 cm³/mol. The first-order valence-corrected chi connectivity index (χ1v) is 5.84. The summed E-state index contributed by atoms with van der Waals surface area (Å²) in [5.74, 6) is 0.846. The number of nitrogens with zero attached hydrogens (tertiary/aromatic N) is 4. The third-order valence-corrected chi connectivity index (χ3v) is 2.54. The maximum atomic E-state index is 9.93. The number of aliphatic hydroxyl groups is 1. The van der Waals surface area contributed by atoms with E-state index in [9.17, 15) is 5.11 Å². The lowest BCUT2D eigenvalue weighted by Crippen LogP contribution is -2.39. The van der Waals surface area contributed by atoms with E-state index < -0.39 is 5.60 Å². The second kappa shape index (κ2) is 4.41. The van der Waals surface area contributed by atoms with Gasteiger partial charge in [-0.1, -0.05) is 0 Å². The first kappa shape index (κ1) is 12.6. The molecule has 0 radical (unpaired) electrons. The molecular weight excluding hydrogens is 232 g/mol. The lowest BCUT2D eigenvalue weighted by atomic mass is 10.1. The molecule has 0 aliphatic heterocycles. The van der Waals surface area contributed by atoms with Gasteiger partial charge in [-0.2, -0.15) is 9.97 Å². The Balaban J connectivity index is 2.47. The molecule has 0 saturated heterocycles. The van der Waals surface area contributed by atoms with Crippen LogP contribution in [0.15, 0.2) is 6.33 Å². The Bertz CT molecular complexity index is 544. The average Bonchev–Trinajstić information content (AvgIpc) is 2.71. The highest BCUT2D eigenvalue weighted by atomic mass is 16.3. The van der Waals surface area contributed by atoms with Crippen molar-refractivity contribution in [3.05, 3.63) is 6.33 Å². The van der Waals surface area contributed by atoms with Gasteiger partial charge >= 0.3 is 0 Å². The Morgan fingerprint density at radius 2 is 2.17 bits per heavy atom. The van der Waals surface area contributed by atoms with Crippen LogP contribution in [0.4, 0.5) is 11.8 Å². The number of likely N-dealkylation sites (N-methyl/N-ethyl adjacent to an activating group) is 1. The molecule has 0 aliphatic carbocycles. The summed E-state index contributed by atoms with van der Waals surface area (Å²) < 4.78 is 0. The maximum Gasteiger partial charge on any atom is 0.224 e. The fourth-order valence-electron chi connectivity index (χ4n) is 1.87.